The lowest BCUT2D eigenvalue weighted by Crippen LogP contribution is -2.01. The molecule has 0 atom stereocenters. The molecule has 0 amide bonds. The number of hydrogen-bond donors (Lipinski definition) is 2. The summed E-state index contributed by atoms with van der Waals surface area (Å²) < 4.78 is 26.2. The van der Waals surface area contributed by atoms with Crippen LogP contribution in [-0.2, 0) is 6.54 Å². The van der Waals surface area contributed by atoms with Crippen molar-refractivity contribution in [1.29, 1.82) is 0 Å². The van der Waals surface area contributed by atoms with E-state index in [-0.39, 0.29) is 11.6 Å². The molecule has 2 aromatic heterocycles. The highest BCUT2D eigenvalue weighted by Gasteiger charge is 2.11. The fourth-order valence-electron chi connectivity index (χ4n) is 2.83. The number of halogens is 2. The Morgan fingerprint density at radius 2 is 1.56 bits per heavy atom. The number of pyridine rings is 1. The third-order valence-electron chi connectivity index (χ3n) is 4.23. The molecule has 0 unspecified atom stereocenters. The van der Waals surface area contributed by atoms with Crippen molar-refractivity contribution in [2.24, 2.45) is 0 Å². The monoisotopic (exact) mass is 362 g/mol. The van der Waals surface area contributed by atoms with Crippen LogP contribution in [0.5, 0.6) is 0 Å². The molecule has 6 heteroatoms. The number of aromatic amines is 1. The molecule has 0 radical (unpaired) electrons. The number of anilines is 1. The summed E-state index contributed by atoms with van der Waals surface area (Å²) in [4.78, 5) is 4.33. The SMILES string of the molecule is Fc1ccc(CNc2cc(-c3cn[nH]c3-c3ccc(F)cc3)ccn2)cc1. The Bertz CT molecular complexity index is 1040. The van der Waals surface area contributed by atoms with Crippen LogP contribution in [0.15, 0.2) is 73.1 Å². The van der Waals surface area contributed by atoms with Crippen molar-refractivity contribution in [1.82, 2.24) is 15.2 Å². The van der Waals surface area contributed by atoms with Gasteiger partial charge >= 0.3 is 0 Å². The van der Waals surface area contributed by atoms with E-state index in [0.717, 1.165) is 27.9 Å². The highest BCUT2D eigenvalue weighted by molar-refractivity contribution is 5.81. The van der Waals surface area contributed by atoms with E-state index in [2.05, 4.69) is 20.5 Å². The van der Waals surface area contributed by atoms with E-state index >= 15 is 0 Å². The summed E-state index contributed by atoms with van der Waals surface area (Å²) in [5.74, 6) is 0.159. The van der Waals surface area contributed by atoms with Gasteiger partial charge in [0, 0.05) is 23.9 Å². The average molecular weight is 362 g/mol. The van der Waals surface area contributed by atoms with E-state index in [1.807, 2.05) is 12.1 Å². The predicted octanol–water partition coefficient (Wildman–Crippen LogP) is 5.03. The minimum atomic E-state index is -0.281. The van der Waals surface area contributed by atoms with Gasteiger partial charge in [0.2, 0.25) is 0 Å². The van der Waals surface area contributed by atoms with Gasteiger partial charge in [-0.25, -0.2) is 13.8 Å². The molecule has 2 heterocycles. The Kier molecular flexibility index (Phi) is 4.61. The lowest BCUT2D eigenvalue weighted by atomic mass is 10.0. The number of nitrogens with zero attached hydrogens (tertiary/aromatic N) is 2. The van der Waals surface area contributed by atoms with Crippen molar-refractivity contribution in [2.75, 3.05) is 5.32 Å². The van der Waals surface area contributed by atoms with Crippen molar-refractivity contribution in [3.05, 3.63) is 90.3 Å². The van der Waals surface area contributed by atoms with Crippen LogP contribution >= 0.6 is 0 Å². The van der Waals surface area contributed by atoms with E-state index < -0.39 is 0 Å². The van der Waals surface area contributed by atoms with E-state index in [1.165, 1.54) is 24.3 Å². The summed E-state index contributed by atoms with van der Waals surface area (Å²) in [6.07, 6.45) is 3.45. The fraction of sp³-hybridized carbons (Fsp3) is 0.0476. The van der Waals surface area contributed by atoms with Crippen LogP contribution in [0.25, 0.3) is 22.4 Å². The van der Waals surface area contributed by atoms with E-state index in [9.17, 15) is 8.78 Å². The number of nitrogens with one attached hydrogen (secondary N) is 2. The van der Waals surface area contributed by atoms with Gasteiger partial charge in [-0.3, -0.25) is 5.10 Å². The van der Waals surface area contributed by atoms with Crippen LogP contribution in [0, 0.1) is 11.6 Å². The molecule has 2 N–H and O–H groups in total. The first kappa shape index (κ1) is 16.9. The summed E-state index contributed by atoms with van der Waals surface area (Å²) in [5, 5.41) is 10.3. The zero-order valence-corrected chi connectivity index (χ0v) is 14.3. The topological polar surface area (TPSA) is 53.6 Å². The molecule has 0 fully saturated rings. The second-order valence-corrected chi connectivity index (χ2v) is 6.08. The lowest BCUT2D eigenvalue weighted by Gasteiger charge is -2.08. The molecule has 134 valence electrons. The Labute approximate surface area is 154 Å². The van der Waals surface area contributed by atoms with Gasteiger partial charge in [0.1, 0.15) is 17.5 Å². The molecular formula is C21H16F2N4. The number of rotatable bonds is 5. The normalized spacial score (nSPS) is 10.7. The Morgan fingerprint density at radius 3 is 2.30 bits per heavy atom. The molecule has 0 aliphatic carbocycles. The number of H-pyrrole nitrogens is 1. The van der Waals surface area contributed by atoms with Gasteiger partial charge in [-0.05, 0) is 59.7 Å². The highest BCUT2D eigenvalue weighted by Crippen LogP contribution is 2.31. The zero-order valence-electron chi connectivity index (χ0n) is 14.3. The van der Waals surface area contributed by atoms with Gasteiger partial charge in [-0.15, -0.1) is 0 Å². The standard InChI is InChI=1S/C21H16F2N4/c22-17-5-1-14(2-6-17)12-25-20-11-16(9-10-24-20)19-13-26-27-21(19)15-3-7-18(23)8-4-15/h1-11,13H,12H2,(H,24,25)(H,26,27). The average Bonchev–Trinajstić information content (AvgIpc) is 3.18. The van der Waals surface area contributed by atoms with Crippen LogP contribution in [-0.4, -0.2) is 15.2 Å². The van der Waals surface area contributed by atoms with Gasteiger partial charge in [0.05, 0.1) is 11.9 Å². The van der Waals surface area contributed by atoms with Crippen LogP contribution in [0.3, 0.4) is 0 Å². The molecule has 4 aromatic rings. The van der Waals surface area contributed by atoms with Gasteiger partial charge in [-0.2, -0.15) is 5.10 Å². The van der Waals surface area contributed by atoms with Crippen molar-refractivity contribution >= 4 is 5.82 Å². The Hall–Kier alpha value is -3.54. The first-order chi connectivity index (χ1) is 13.2. The summed E-state index contributed by atoms with van der Waals surface area (Å²) in [7, 11) is 0. The van der Waals surface area contributed by atoms with Crippen LogP contribution in [0.1, 0.15) is 5.56 Å². The third-order valence-corrected chi connectivity index (χ3v) is 4.23. The molecule has 0 spiro atoms. The largest absolute Gasteiger partial charge is 0.366 e. The number of benzene rings is 2. The third kappa shape index (κ3) is 3.84. The molecular weight excluding hydrogens is 346 g/mol. The number of aromatic nitrogens is 3. The molecule has 4 nitrogen and oxygen atoms in total. The predicted molar refractivity (Wildman–Crippen MR) is 101 cm³/mol. The minimum absolute atomic E-state index is 0.257. The quantitative estimate of drug-likeness (QED) is 0.524. The van der Waals surface area contributed by atoms with Crippen LogP contribution in [0.4, 0.5) is 14.6 Å². The first-order valence-electron chi connectivity index (χ1n) is 8.43. The van der Waals surface area contributed by atoms with E-state index in [1.54, 1.807) is 36.7 Å². The maximum atomic E-state index is 13.2. The smallest absolute Gasteiger partial charge is 0.126 e. The fourth-order valence-corrected chi connectivity index (χ4v) is 2.83. The molecule has 2 aromatic carbocycles. The molecule has 0 bridgehead atoms. The molecule has 27 heavy (non-hydrogen) atoms. The van der Waals surface area contributed by atoms with Gasteiger partial charge in [-0.1, -0.05) is 12.1 Å². The van der Waals surface area contributed by atoms with E-state index in [0.29, 0.717) is 12.4 Å². The van der Waals surface area contributed by atoms with Crippen molar-refractivity contribution in [2.45, 2.75) is 6.54 Å². The molecule has 0 aliphatic rings. The van der Waals surface area contributed by atoms with Gasteiger partial charge in [0.15, 0.2) is 0 Å². The summed E-state index contributed by atoms with van der Waals surface area (Å²) in [6.45, 7) is 0.535. The second-order valence-electron chi connectivity index (χ2n) is 6.08. The molecule has 0 saturated heterocycles. The zero-order chi connectivity index (χ0) is 18.6. The van der Waals surface area contributed by atoms with Crippen molar-refractivity contribution in [3.8, 4) is 22.4 Å². The number of hydrogen-bond acceptors (Lipinski definition) is 3. The molecule has 4 rings (SSSR count). The van der Waals surface area contributed by atoms with Crippen LogP contribution < -0.4 is 5.32 Å². The maximum absolute atomic E-state index is 13.2. The van der Waals surface area contributed by atoms with E-state index in [4.69, 9.17) is 0 Å². The maximum Gasteiger partial charge on any atom is 0.126 e. The summed E-state index contributed by atoms with van der Waals surface area (Å²) >= 11 is 0. The van der Waals surface area contributed by atoms with Crippen molar-refractivity contribution < 1.29 is 8.78 Å². The second kappa shape index (κ2) is 7.37. The molecule has 0 saturated carbocycles. The minimum Gasteiger partial charge on any atom is -0.366 e. The van der Waals surface area contributed by atoms with Gasteiger partial charge < -0.3 is 5.32 Å². The lowest BCUT2D eigenvalue weighted by molar-refractivity contribution is 0.627. The van der Waals surface area contributed by atoms with Crippen LogP contribution in [0.2, 0.25) is 0 Å². The molecule has 0 aliphatic heterocycles. The summed E-state index contributed by atoms with van der Waals surface area (Å²) in [5.41, 5.74) is 4.44. The van der Waals surface area contributed by atoms with Gasteiger partial charge in [0.25, 0.3) is 0 Å². The highest BCUT2D eigenvalue weighted by atomic mass is 19.1. The Morgan fingerprint density at radius 1 is 0.852 bits per heavy atom. The first-order valence-corrected chi connectivity index (χ1v) is 8.43. The van der Waals surface area contributed by atoms with Crippen molar-refractivity contribution in [3.63, 3.8) is 0 Å². The Balaban J connectivity index is 1.57. The summed E-state index contributed by atoms with van der Waals surface area (Å²) in [6, 6.07) is 16.4.